The molecule has 13 nitrogen and oxygen atoms in total. The number of fused-ring (bicyclic) bond motifs is 4. The number of nitrogens with one attached hydrogen (secondary N) is 2. The van der Waals surface area contributed by atoms with Crippen LogP contribution < -0.4 is 20.8 Å². The molecule has 0 spiro atoms. The van der Waals surface area contributed by atoms with Crippen molar-refractivity contribution in [2.45, 2.75) is 19.7 Å². The number of benzene rings is 5. The van der Waals surface area contributed by atoms with Crippen molar-refractivity contribution in [3.63, 3.8) is 0 Å². The molecule has 1 aliphatic heterocycles. The molecule has 284 valence electrons. The number of aromatic hydroxyl groups is 1. The lowest BCUT2D eigenvalue weighted by atomic mass is 9.87. The molecule has 2 aromatic heterocycles. The number of aliphatic hydroxyl groups excluding tert-OH is 1. The highest BCUT2D eigenvalue weighted by molar-refractivity contribution is 6.10. The number of aromatic nitrogens is 2. The molecule has 0 amide bonds. The largest absolute Gasteiger partial charge is 0.507 e. The van der Waals surface area contributed by atoms with Crippen LogP contribution in [0.4, 0.5) is 11.4 Å². The number of aliphatic hydroxyl groups is 1. The van der Waals surface area contributed by atoms with Crippen molar-refractivity contribution < 1.29 is 38.8 Å². The number of nitrogens with zero attached hydrogens (tertiary/aromatic N) is 2. The number of methoxy groups -OCH3 is 2. The second-order valence-electron chi connectivity index (χ2n) is 13.2. The summed E-state index contributed by atoms with van der Waals surface area (Å²) in [5.74, 6) is -1.49. The number of esters is 1. The average Bonchev–Trinajstić information content (AvgIpc) is 3.24. The Labute approximate surface area is 324 Å². The van der Waals surface area contributed by atoms with Crippen LogP contribution in [-0.2, 0) is 24.4 Å². The number of aromatic carboxylic acids is 1. The third-order valence-corrected chi connectivity index (χ3v) is 9.89. The van der Waals surface area contributed by atoms with Gasteiger partial charge in [-0.15, -0.1) is 0 Å². The number of carboxylic acids is 1. The minimum absolute atomic E-state index is 0.0220. The summed E-state index contributed by atoms with van der Waals surface area (Å²) in [7, 11) is 2.76. The quantitative estimate of drug-likeness (QED) is 0.0640. The molecule has 0 saturated carbocycles. The lowest BCUT2D eigenvalue weighted by molar-refractivity contribution is 0.0599. The monoisotopic (exact) mass is 762 g/mol. The predicted octanol–water partition coefficient (Wildman–Crippen LogP) is 7.58. The molecule has 0 unspecified atom stereocenters. The van der Waals surface area contributed by atoms with Gasteiger partial charge in [0.1, 0.15) is 17.1 Å². The van der Waals surface area contributed by atoms with Crippen LogP contribution in [0.2, 0.25) is 0 Å². The summed E-state index contributed by atoms with van der Waals surface area (Å²) in [6, 6.07) is 28.5. The van der Waals surface area contributed by atoms with E-state index in [2.05, 4.69) is 20.6 Å². The predicted molar refractivity (Wildman–Crippen MR) is 215 cm³/mol. The van der Waals surface area contributed by atoms with Crippen LogP contribution in [0.3, 0.4) is 0 Å². The molecular formula is C44H34N4O9. The third-order valence-electron chi connectivity index (χ3n) is 9.89. The molecular weight excluding hydrogens is 729 g/mol. The summed E-state index contributed by atoms with van der Waals surface area (Å²) in [6.07, 6.45) is 0. The van der Waals surface area contributed by atoms with Crippen molar-refractivity contribution in [3.8, 4) is 34.1 Å². The Morgan fingerprint density at radius 1 is 0.772 bits per heavy atom. The molecule has 0 saturated heterocycles. The summed E-state index contributed by atoms with van der Waals surface area (Å²) in [6.45, 7) is -0.267. The van der Waals surface area contributed by atoms with E-state index in [1.54, 1.807) is 24.3 Å². The summed E-state index contributed by atoms with van der Waals surface area (Å²) in [5.41, 5.74) is 4.27. The van der Waals surface area contributed by atoms with Gasteiger partial charge in [0.25, 0.3) is 0 Å². The Balaban J connectivity index is 1.35. The van der Waals surface area contributed by atoms with E-state index in [1.165, 1.54) is 44.6 Å². The first-order valence-electron chi connectivity index (χ1n) is 17.8. The van der Waals surface area contributed by atoms with Gasteiger partial charge in [-0.25, -0.2) is 19.6 Å². The van der Waals surface area contributed by atoms with Gasteiger partial charge >= 0.3 is 11.9 Å². The number of carboxylic acid groups (broad SMARTS) is 1. The highest BCUT2D eigenvalue weighted by Crippen LogP contribution is 2.45. The zero-order valence-corrected chi connectivity index (χ0v) is 30.6. The van der Waals surface area contributed by atoms with E-state index in [9.17, 15) is 29.7 Å². The molecule has 0 bridgehead atoms. The number of anilines is 2. The Morgan fingerprint density at radius 2 is 1.47 bits per heavy atom. The van der Waals surface area contributed by atoms with Crippen molar-refractivity contribution >= 4 is 56.1 Å². The number of hydrogen-bond acceptors (Lipinski definition) is 12. The molecule has 0 fully saturated rings. The lowest BCUT2D eigenvalue weighted by Gasteiger charge is -2.21. The maximum Gasteiger partial charge on any atom is 0.338 e. The van der Waals surface area contributed by atoms with Crippen molar-refractivity contribution in [3.05, 3.63) is 141 Å². The first-order chi connectivity index (χ1) is 27.7. The SMILES string of the molecule is COC(=O)c1ccc(C(=O)O)cc1-c1c2ccc(=O)c(CNc3cccc4ccc(CO)nc34)c-2oc2c(CNc3cccc4ccc(OC)nc34)c(O)ccc12. The van der Waals surface area contributed by atoms with Crippen LogP contribution in [0.5, 0.6) is 11.6 Å². The van der Waals surface area contributed by atoms with Crippen LogP contribution in [0.1, 0.15) is 37.5 Å². The highest BCUT2D eigenvalue weighted by Gasteiger charge is 2.28. The molecule has 2 aliphatic rings. The van der Waals surface area contributed by atoms with Crippen LogP contribution in [0, 0.1) is 0 Å². The van der Waals surface area contributed by atoms with E-state index < -0.39 is 11.9 Å². The topological polar surface area (TPSA) is 193 Å². The summed E-state index contributed by atoms with van der Waals surface area (Å²) < 4.78 is 17.2. The van der Waals surface area contributed by atoms with Crippen LogP contribution in [0.15, 0.2) is 112 Å². The van der Waals surface area contributed by atoms with Gasteiger partial charge < -0.3 is 39.8 Å². The third kappa shape index (κ3) is 6.66. The fourth-order valence-corrected chi connectivity index (χ4v) is 7.07. The van der Waals surface area contributed by atoms with E-state index >= 15 is 0 Å². The first-order valence-corrected chi connectivity index (χ1v) is 17.8. The number of hydrogen-bond donors (Lipinski definition) is 5. The van der Waals surface area contributed by atoms with Crippen molar-refractivity contribution in [2.75, 3.05) is 24.9 Å². The Hall–Kier alpha value is -7.51. The summed E-state index contributed by atoms with van der Waals surface area (Å²) in [5, 5.41) is 40.0. The van der Waals surface area contributed by atoms with Gasteiger partial charge in [0.15, 0.2) is 5.43 Å². The van der Waals surface area contributed by atoms with E-state index in [-0.39, 0.29) is 64.5 Å². The molecule has 0 atom stereocenters. The van der Waals surface area contributed by atoms with Gasteiger partial charge in [-0.1, -0.05) is 30.3 Å². The molecule has 13 heteroatoms. The van der Waals surface area contributed by atoms with Gasteiger partial charge in [-0.2, -0.15) is 0 Å². The molecule has 5 N–H and O–H groups in total. The Morgan fingerprint density at radius 3 is 2.16 bits per heavy atom. The van der Waals surface area contributed by atoms with E-state index in [4.69, 9.17) is 13.9 Å². The second kappa shape index (κ2) is 15.0. The van der Waals surface area contributed by atoms with E-state index in [0.717, 1.165) is 10.8 Å². The Kier molecular flexibility index (Phi) is 9.57. The highest BCUT2D eigenvalue weighted by atomic mass is 16.5. The maximum absolute atomic E-state index is 13.8. The fraction of sp³-hybridized carbons (Fsp3) is 0.114. The molecule has 1 aliphatic carbocycles. The van der Waals surface area contributed by atoms with Gasteiger partial charge in [0.05, 0.1) is 71.2 Å². The zero-order chi connectivity index (χ0) is 39.8. The molecule has 8 rings (SSSR count). The number of rotatable bonds is 11. The number of ether oxygens (including phenoxy) is 2. The zero-order valence-electron chi connectivity index (χ0n) is 30.6. The lowest BCUT2D eigenvalue weighted by Crippen LogP contribution is -2.15. The van der Waals surface area contributed by atoms with Gasteiger partial charge in [-0.05, 0) is 72.3 Å². The number of para-hydroxylation sites is 2. The number of carbonyl (C=O) groups is 2. The molecule has 6 aromatic rings. The summed E-state index contributed by atoms with van der Waals surface area (Å²) in [4.78, 5) is 48.6. The minimum atomic E-state index is -1.22. The van der Waals surface area contributed by atoms with Crippen molar-refractivity contribution in [1.29, 1.82) is 0 Å². The normalized spacial score (nSPS) is 11.3. The number of phenolic OH excluding ortho intramolecular Hbond substituents is 1. The van der Waals surface area contributed by atoms with E-state index in [0.29, 0.717) is 56.1 Å². The first kappa shape index (κ1) is 36.5. The molecule has 4 aromatic carbocycles. The maximum atomic E-state index is 13.8. The van der Waals surface area contributed by atoms with Crippen LogP contribution in [-0.4, -0.2) is 51.4 Å². The minimum Gasteiger partial charge on any atom is -0.507 e. The number of phenols is 1. The van der Waals surface area contributed by atoms with Gasteiger partial charge in [0, 0.05) is 46.4 Å². The standard InChI is InChI=1S/C44H34N4O9/c1-55-37-18-11-24-6-4-8-34(40(24)48-37)46-21-32-36(51)17-15-29-38(30-19-25(43(52)53)10-13-27(30)44(54)56-2)28-14-16-35(50)31(41(28)57-42(29)32)20-45-33-7-3-5-23-9-12-26(22-49)47-39(23)33/h3-19,45-46,49,51H,20-22H2,1-2H3,(H,52,53). The van der Waals surface area contributed by atoms with E-state index in [1.807, 2.05) is 48.5 Å². The van der Waals surface area contributed by atoms with Crippen LogP contribution >= 0.6 is 0 Å². The Bertz CT molecular complexity index is 2920. The number of carbonyl (C=O) groups excluding carboxylic acids is 1. The smallest absolute Gasteiger partial charge is 0.338 e. The molecule has 0 radical (unpaired) electrons. The van der Waals surface area contributed by atoms with Crippen molar-refractivity contribution in [2.24, 2.45) is 0 Å². The van der Waals surface area contributed by atoms with Gasteiger partial charge in [0.2, 0.25) is 5.88 Å². The van der Waals surface area contributed by atoms with Crippen molar-refractivity contribution in [1.82, 2.24) is 9.97 Å². The second-order valence-corrected chi connectivity index (χ2v) is 13.2. The average molecular weight is 763 g/mol. The van der Waals surface area contributed by atoms with Crippen LogP contribution in [0.25, 0.3) is 55.2 Å². The fourth-order valence-electron chi connectivity index (χ4n) is 7.07. The number of pyridine rings is 2. The van der Waals surface area contributed by atoms with Gasteiger partial charge in [-0.3, -0.25) is 4.79 Å². The summed E-state index contributed by atoms with van der Waals surface area (Å²) >= 11 is 0. The molecule has 3 heterocycles. The molecule has 57 heavy (non-hydrogen) atoms.